The van der Waals surface area contributed by atoms with E-state index in [0.29, 0.717) is 28.3 Å². The monoisotopic (exact) mass is 334 g/mol. The topological polar surface area (TPSA) is 90.7 Å². The number of methoxy groups -OCH3 is 2. The lowest BCUT2D eigenvalue weighted by molar-refractivity contribution is 0.355. The highest BCUT2D eigenvalue weighted by molar-refractivity contribution is 7.92. The highest BCUT2D eigenvalue weighted by Crippen LogP contribution is 2.31. The van der Waals surface area contributed by atoms with Crippen molar-refractivity contribution < 1.29 is 22.3 Å². The Kier molecular flexibility index (Phi) is 3.83. The first-order valence-electron chi connectivity index (χ1n) is 6.61. The van der Waals surface area contributed by atoms with Crippen LogP contribution in [0.15, 0.2) is 52.1 Å². The second-order valence-electron chi connectivity index (χ2n) is 4.66. The molecule has 1 heterocycles. The Labute approximate surface area is 132 Å². The number of hydrogen-bond acceptors (Lipinski definition) is 6. The molecule has 0 saturated carbocycles. The van der Waals surface area contributed by atoms with Crippen molar-refractivity contribution in [2.24, 2.45) is 0 Å². The second kappa shape index (κ2) is 5.81. The Bertz CT molecular complexity index is 949. The van der Waals surface area contributed by atoms with Gasteiger partial charge in [0.2, 0.25) is 0 Å². The van der Waals surface area contributed by atoms with Gasteiger partial charge in [-0.2, -0.15) is 0 Å². The molecule has 0 unspecified atom stereocenters. The Balaban J connectivity index is 1.94. The maximum atomic E-state index is 12.5. The van der Waals surface area contributed by atoms with Crippen LogP contribution in [0.3, 0.4) is 0 Å². The number of fused-ring (bicyclic) bond motifs is 1. The van der Waals surface area contributed by atoms with Crippen LogP contribution in [-0.2, 0) is 10.0 Å². The number of nitrogens with zero attached hydrogens (tertiary/aromatic N) is 1. The quantitative estimate of drug-likeness (QED) is 0.771. The van der Waals surface area contributed by atoms with E-state index in [1.165, 1.54) is 32.7 Å². The summed E-state index contributed by atoms with van der Waals surface area (Å²) < 4.78 is 42.9. The third kappa shape index (κ3) is 2.93. The molecule has 0 fully saturated rings. The molecule has 3 rings (SSSR count). The van der Waals surface area contributed by atoms with E-state index in [2.05, 4.69) is 9.71 Å². The van der Waals surface area contributed by atoms with Crippen molar-refractivity contribution in [2.45, 2.75) is 4.90 Å². The van der Waals surface area contributed by atoms with Crippen LogP contribution >= 0.6 is 0 Å². The lowest BCUT2D eigenvalue weighted by Gasteiger charge is -2.11. The summed E-state index contributed by atoms with van der Waals surface area (Å²) in [5, 5.41) is 0. The SMILES string of the molecule is COc1ccc(NS(=O)(=O)c2ccc3ncoc3c2)cc1OC. The van der Waals surface area contributed by atoms with Crippen molar-refractivity contribution in [2.75, 3.05) is 18.9 Å². The van der Waals surface area contributed by atoms with Crippen molar-refractivity contribution in [3.05, 3.63) is 42.8 Å². The minimum atomic E-state index is -3.76. The van der Waals surface area contributed by atoms with E-state index < -0.39 is 10.0 Å². The molecule has 0 radical (unpaired) electrons. The van der Waals surface area contributed by atoms with E-state index in [1.54, 1.807) is 24.3 Å². The third-order valence-corrected chi connectivity index (χ3v) is 4.63. The van der Waals surface area contributed by atoms with Gasteiger partial charge in [0.1, 0.15) is 5.52 Å². The maximum absolute atomic E-state index is 12.5. The van der Waals surface area contributed by atoms with Gasteiger partial charge in [0, 0.05) is 12.1 Å². The first kappa shape index (κ1) is 15.2. The predicted molar refractivity (Wildman–Crippen MR) is 84.4 cm³/mol. The zero-order chi connectivity index (χ0) is 16.4. The van der Waals surface area contributed by atoms with Crippen LogP contribution in [0.1, 0.15) is 0 Å². The zero-order valence-corrected chi connectivity index (χ0v) is 13.3. The Morgan fingerprint density at radius 2 is 1.83 bits per heavy atom. The van der Waals surface area contributed by atoms with Gasteiger partial charge in [-0.25, -0.2) is 13.4 Å². The van der Waals surface area contributed by atoms with Crippen molar-refractivity contribution in [3.8, 4) is 11.5 Å². The average molecular weight is 334 g/mol. The average Bonchev–Trinajstić information content (AvgIpc) is 3.02. The van der Waals surface area contributed by atoms with Crippen molar-refractivity contribution in [1.29, 1.82) is 0 Å². The van der Waals surface area contributed by atoms with Gasteiger partial charge >= 0.3 is 0 Å². The van der Waals surface area contributed by atoms with Crippen molar-refractivity contribution >= 4 is 26.8 Å². The Morgan fingerprint density at radius 1 is 1.04 bits per heavy atom. The standard InChI is InChI=1S/C15H14N2O5S/c1-20-13-6-3-10(7-15(13)21-2)17-23(18,19)11-4-5-12-14(8-11)22-9-16-12/h3-9,17H,1-2H3. The number of benzene rings is 2. The summed E-state index contributed by atoms with van der Waals surface area (Å²) in [6.07, 6.45) is 1.27. The van der Waals surface area contributed by atoms with Crippen LogP contribution in [0.4, 0.5) is 5.69 Å². The third-order valence-electron chi connectivity index (χ3n) is 3.25. The molecule has 3 aromatic rings. The van der Waals surface area contributed by atoms with Gasteiger partial charge < -0.3 is 13.9 Å². The van der Waals surface area contributed by atoms with E-state index in [-0.39, 0.29) is 4.90 Å². The smallest absolute Gasteiger partial charge is 0.262 e. The minimum absolute atomic E-state index is 0.0801. The van der Waals surface area contributed by atoms with E-state index in [9.17, 15) is 8.42 Å². The van der Waals surface area contributed by atoms with Crippen LogP contribution < -0.4 is 14.2 Å². The molecule has 23 heavy (non-hydrogen) atoms. The highest BCUT2D eigenvalue weighted by Gasteiger charge is 2.17. The number of aromatic nitrogens is 1. The number of rotatable bonds is 5. The fraction of sp³-hybridized carbons (Fsp3) is 0.133. The van der Waals surface area contributed by atoms with Gasteiger partial charge in [-0.3, -0.25) is 4.72 Å². The lowest BCUT2D eigenvalue weighted by Crippen LogP contribution is -2.13. The predicted octanol–water partition coefficient (Wildman–Crippen LogP) is 2.65. The molecule has 0 aliphatic rings. The summed E-state index contributed by atoms with van der Waals surface area (Å²) in [4.78, 5) is 4.04. The first-order valence-corrected chi connectivity index (χ1v) is 8.10. The summed E-state index contributed by atoms with van der Waals surface area (Å²) in [6.45, 7) is 0. The molecule has 8 heteroatoms. The van der Waals surface area contributed by atoms with Gasteiger partial charge in [-0.05, 0) is 24.3 Å². The number of sulfonamides is 1. The Hall–Kier alpha value is -2.74. The summed E-state index contributed by atoms with van der Waals surface area (Å²) in [7, 11) is -0.773. The molecular formula is C15H14N2O5S. The van der Waals surface area contributed by atoms with Crippen LogP contribution in [0.2, 0.25) is 0 Å². The number of ether oxygens (including phenoxy) is 2. The van der Waals surface area contributed by atoms with Gasteiger partial charge in [-0.1, -0.05) is 0 Å². The van der Waals surface area contributed by atoms with Crippen LogP contribution in [0, 0.1) is 0 Å². The summed E-state index contributed by atoms with van der Waals surface area (Å²) >= 11 is 0. The van der Waals surface area contributed by atoms with Crippen molar-refractivity contribution in [3.63, 3.8) is 0 Å². The van der Waals surface area contributed by atoms with Crippen LogP contribution in [-0.4, -0.2) is 27.6 Å². The largest absolute Gasteiger partial charge is 0.493 e. The van der Waals surface area contributed by atoms with Crippen LogP contribution in [0.5, 0.6) is 11.5 Å². The molecule has 0 amide bonds. The summed E-state index contributed by atoms with van der Waals surface area (Å²) in [5.74, 6) is 0.942. The molecule has 0 atom stereocenters. The first-order chi connectivity index (χ1) is 11.0. The molecule has 0 aliphatic heterocycles. The normalized spacial score (nSPS) is 11.4. The summed E-state index contributed by atoms with van der Waals surface area (Å²) in [6, 6.07) is 9.23. The van der Waals surface area contributed by atoms with E-state index in [1.807, 2.05) is 0 Å². The van der Waals surface area contributed by atoms with E-state index in [0.717, 1.165) is 0 Å². The van der Waals surface area contributed by atoms with E-state index in [4.69, 9.17) is 13.9 Å². The fourth-order valence-electron chi connectivity index (χ4n) is 2.12. The van der Waals surface area contributed by atoms with Crippen molar-refractivity contribution in [1.82, 2.24) is 4.98 Å². The molecule has 2 aromatic carbocycles. The zero-order valence-electron chi connectivity index (χ0n) is 12.4. The molecule has 7 nitrogen and oxygen atoms in total. The molecule has 0 bridgehead atoms. The number of hydrogen-bond donors (Lipinski definition) is 1. The molecule has 1 N–H and O–H groups in total. The second-order valence-corrected chi connectivity index (χ2v) is 6.34. The van der Waals surface area contributed by atoms with E-state index >= 15 is 0 Å². The maximum Gasteiger partial charge on any atom is 0.262 e. The molecule has 0 aliphatic carbocycles. The van der Waals surface area contributed by atoms with Gasteiger partial charge in [0.05, 0.1) is 24.8 Å². The molecule has 120 valence electrons. The molecule has 0 saturated heterocycles. The molecule has 0 spiro atoms. The molecule has 1 aromatic heterocycles. The number of oxazole rings is 1. The highest BCUT2D eigenvalue weighted by atomic mass is 32.2. The van der Waals surface area contributed by atoms with Gasteiger partial charge in [-0.15, -0.1) is 0 Å². The van der Waals surface area contributed by atoms with Gasteiger partial charge in [0.15, 0.2) is 23.5 Å². The summed E-state index contributed by atoms with van der Waals surface area (Å²) in [5.41, 5.74) is 1.36. The molecular weight excluding hydrogens is 320 g/mol. The number of nitrogens with one attached hydrogen (secondary N) is 1. The van der Waals surface area contributed by atoms with Crippen LogP contribution in [0.25, 0.3) is 11.1 Å². The minimum Gasteiger partial charge on any atom is -0.493 e. The lowest BCUT2D eigenvalue weighted by atomic mass is 10.3. The number of anilines is 1. The fourth-order valence-corrected chi connectivity index (χ4v) is 3.18. The van der Waals surface area contributed by atoms with Gasteiger partial charge in [0.25, 0.3) is 10.0 Å². The Morgan fingerprint density at radius 3 is 2.57 bits per heavy atom.